The van der Waals surface area contributed by atoms with Gasteiger partial charge < -0.3 is 10.6 Å². The van der Waals surface area contributed by atoms with Gasteiger partial charge in [0, 0.05) is 23.3 Å². The van der Waals surface area contributed by atoms with E-state index in [0.717, 1.165) is 19.0 Å². The van der Waals surface area contributed by atoms with E-state index >= 15 is 0 Å². The summed E-state index contributed by atoms with van der Waals surface area (Å²) in [5.41, 5.74) is 1.29. The van der Waals surface area contributed by atoms with Crippen LogP contribution in [-0.2, 0) is 13.1 Å². The molecule has 0 aliphatic heterocycles. The van der Waals surface area contributed by atoms with Gasteiger partial charge in [-0.2, -0.15) is 11.3 Å². The van der Waals surface area contributed by atoms with Crippen molar-refractivity contribution in [3.63, 3.8) is 0 Å². The molecule has 2 heterocycles. The summed E-state index contributed by atoms with van der Waals surface area (Å²) in [6, 6.07) is 6.41. The van der Waals surface area contributed by atoms with Gasteiger partial charge in [0.1, 0.15) is 0 Å². The fourth-order valence-corrected chi connectivity index (χ4v) is 3.05. The van der Waals surface area contributed by atoms with Gasteiger partial charge in [-0.15, -0.1) is 11.3 Å². The van der Waals surface area contributed by atoms with Crippen molar-refractivity contribution in [3.8, 4) is 0 Å². The van der Waals surface area contributed by atoms with Crippen LogP contribution >= 0.6 is 22.7 Å². The van der Waals surface area contributed by atoms with E-state index in [1.54, 1.807) is 18.4 Å². The van der Waals surface area contributed by atoms with Crippen LogP contribution in [0.2, 0.25) is 0 Å². The molecule has 0 aromatic carbocycles. The normalized spacial score (nSPS) is 11.6. The highest BCUT2D eigenvalue weighted by atomic mass is 32.1. The van der Waals surface area contributed by atoms with E-state index in [0.29, 0.717) is 0 Å². The van der Waals surface area contributed by atoms with Crippen molar-refractivity contribution in [2.45, 2.75) is 20.0 Å². The SMILES string of the molecule is CN=C(NCc1ccsc1)NCc1ccc(C)s1. The fraction of sp³-hybridized carbons (Fsp3) is 0.308. The van der Waals surface area contributed by atoms with E-state index in [2.05, 4.69) is 51.5 Å². The number of aliphatic imine (C=N–C) groups is 1. The Labute approximate surface area is 116 Å². The molecule has 0 spiro atoms. The summed E-state index contributed by atoms with van der Waals surface area (Å²) in [5, 5.41) is 10.8. The Kier molecular flexibility index (Phi) is 4.78. The Morgan fingerprint density at radius 1 is 1.22 bits per heavy atom. The molecule has 0 saturated carbocycles. The number of rotatable bonds is 4. The van der Waals surface area contributed by atoms with Crippen LogP contribution in [0.5, 0.6) is 0 Å². The molecular formula is C13H17N3S2. The number of hydrogen-bond donors (Lipinski definition) is 2. The quantitative estimate of drug-likeness (QED) is 0.667. The summed E-state index contributed by atoms with van der Waals surface area (Å²) >= 11 is 3.53. The van der Waals surface area contributed by atoms with Gasteiger partial charge in [-0.05, 0) is 41.4 Å². The van der Waals surface area contributed by atoms with E-state index in [4.69, 9.17) is 0 Å². The monoisotopic (exact) mass is 279 g/mol. The van der Waals surface area contributed by atoms with Crippen LogP contribution in [-0.4, -0.2) is 13.0 Å². The Hall–Kier alpha value is -1.33. The van der Waals surface area contributed by atoms with Gasteiger partial charge in [0.2, 0.25) is 0 Å². The highest BCUT2D eigenvalue weighted by molar-refractivity contribution is 7.11. The molecule has 2 aromatic rings. The summed E-state index contributed by atoms with van der Waals surface area (Å²) in [4.78, 5) is 6.88. The lowest BCUT2D eigenvalue weighted by Crippen LogP contribution is -2.36. The Morgan fingerprint density at radius 2 is 2.06 bits per heavy atom. The lowest BCUT2D eigenvalue weighted by molar-refractivity contribution is 0.817. The van der Waals surface area contributed by atoms with E-state index in [-0.39, 0.29) is 0 Å². The summed E-state index contributed by atoms with van der Waals surface area (Å²) < 4.78 is 0. The molecule has 2 N–H and O–H groups in total. The first-order chi connectivity index (χ1) is 8.78. The molecule has 0 saturated heterocycles. The summed E-state index contributed by atoms with van der Waals surface area (Å²) in [5.74, 6) is 0.840. The van der Waals surface area contributed by atoms with Gasteiger partial charge >= 0.3 is 0 Å². The van der Waals surface area contributed by atoms with Crippen LogP contribution in [0, 0.1) is 6.92 Å². The molecule has 0 bridgehead atoms. The molecule has 0 amide bonds. The van der Waals surface area contributed by atoms with Crippen molar-refractivity contribution in [1.82, 2.24) is 10.6 Å². The van der Waals surface area contributed by atoms with Crippen molar-refractivity contribution in [1.29, 1.82) is 0 Å². The van der Waals surface area contributed by atoms with Gasteiger partial charge in [0.15, 0.2) is 5.96 Å². The highest BCUT2D eigenvalue weighted by Gasteiger charge is 2.00. The maximum atomic E-state index is 4.21. The van der Waals surface area contributed by atoms with Crippen molar-refractivity contribution >= 4 is 28.6 Å². The number of aryl methyl sites for hydroxylation is 1. The number of nitrogens with zero attached hydrogens (tertiary/aromatic N) is 1. The molecule has 2 aromatic heterocycles. The second kappa shape index (κ2) is 6.56. The maximum Gasteiger partial charge on any atom is 0.191 e. The Bertz CT molecular complexity index is 500. The predicted molar refractivity (Wildman–Crippen MR) is 80.4 cm³/mol. The molecule has 18 heavy (non-hydrogen) atoms. The fourth-order valence-electron chi connectivity index (χ4n) is 1.55. The Morgan fingerprint density at radius 3 is 2.67 bits per heavy atom. The highest BCUT2D eigenvalue weighted by Crippen LogP contribution is 2.14. The van der Waals surface area contributed by atoms with Crippen LogP contribution in [0.1, 0.15) is 15.3 Å². The lowest BCUT2D eigenvalue weighted by Gasteiger charge is -2.10. The molecule has 0 aliphatic rings. The second-order valence-corrected chi connectivity index (χ2v) is 6.08. The van der Waals surface area contributed by atoms with Crippen LogP contribution in [0.3, 0.4) is 0 Å². The van der Waals surface area contributed by atoms with Crippen LogP contribution in [0.4, 0.5) is 0 Å². The zero-order chi connectivity index (χ0) is 12.8. The van der Waals surface area contributed by atoms with Crippen molar-refractivity contribution in [2.24, 2.45) is 4.99 Å². The second-order valence-electron chi connectivity index (χ2n) is 3.92. The minimum absolute atomic E-state index is 0.812. The lowest BCUT2D eigenvalue weighted by atomic mass is 10.3. The Balaban J connectivity index is 1.79. The molecule has 0 atom stereocenters. The topological polar surface area (TPSA) is 36.4 Å². The first-order valence-corrected chi connectivity index (χ1v) is 7.55. The van der Waals surface area contributed by atoms with Gasteiger partial charge in [0.05, 0.1) is 6.54 Å². The van der Waals surface area contributed by atoms with Gasteiger partial charge in [-0.1, -0.05) is 0 Å². The van der Waals surface area contributed by atoms with Crippen LogP contribution in [0.15, 0.2) is 34.0 Å². The number of nitrogens with one attached hydrogen (secondary N) is 2. The number of thiophene rings is 2. The summed E-state index contributed by atoms with van der Waals surface area (Å²) in [6.45, 7) is 3.76. The standard InChI is InChI=1S/C13H17N3S2/c1-10-3-4-12(18-10)8-16-13(14-2)15-7-11-5-6-17-9-11/h3-6,9H,7-8H2,1-2H3,(H2,14,15,16). The molecule has 3 nitrogen and oxygen atoms in total. The van der Waals surface area contributed by atoms with E-state index < -0.39 is 0 Å². The van der Waals surface area contributed by atoms with E-state index in [9.17, 15) is 0 Å². The number of guanidine groups is 1. The van der Waals surface area contributed by atoms with Gasteiger partial charge in [0.25, 0.3) is 0 Å². The first-order valence-electron chi connectivity index (χ1n) is 5.79. The summed E-state index contributed by atoms with van der Waals surface area (Å²) in [7, 11) is 1.79. The van der Waals surface area contributed by atoms with Crippen molar-refractivity contribution in [2.75, 3.05) is 7.05 Å². The summed E-state index contributed by atoms with van der Waals surface area (Å²) in [6.07, 6.45) is 0. The smallest absolute Gasteiger partial charge is 0.191 e. The van der Waals surface area contributed by atoms with Crippen molar-refractivity contribution in [3.05, 3.63) is 44.3 Å². The molecule has 0 fully saturated rings. The predicted octanol–water partition coefficient (Wildman–Crippen LogP) is 2.98. The minimum Gasteiger partial charge on any atom is -0.352 e. The zero-order valence-corrected chi connectivity index (χ0v) is 12.2. The number of hydrogen-bond acceptors (Lipinski definition) is 3. The largest absolute Gasteiger partial charge is 0.352 e. The average molecular weight is 279 g/mol. The van der Waals surface area contributed by atoms with Crippen LogP contribution in [0.25, 0.3) is 0 Å². The molecule has 96 valence electrons. The molecule has 2 rings (SSSR count). The van der Waals surface area contributed by atoms with Crippen molar-refractivity contribution < 1.29 is 0 Å². The third-order valence-electron chi connectivity index (χ3n) is 2.49. The maximum absolute atomic E-state index is 4.21. The zero-order valence-electron chi connectivity index (χ0n) is 10.6. The third-order valence-corrected chi connectivity index (χ3v) is 4.22. The van der Waals surface area contributed by atoms with E-state index in [1.807, 2.05) is 11.3 Å². The van der Waals surface area contributed by atoms with Crippen LogP contribution < -0.4 is 10.6 Å². The molecule has 5 heteroatoms. The van der Waals surface area contributed by atoms with Gasteiger partial charge in [-0.3, -0.25) is 4.99 Å². The molecule has 0 unspecified atom stereocenters. The van der Waals surface area contributed by atoms with E-state index in [1.165, 1.54) is 15.3 Å². The van der Waals surface area contributed by atoms with Gasteiger partial charge in [-0.25, -0.2) is 0 Å². The first kappa shape index (κ1) is 13.1. The molecule has 0 aliphatic carbocycles. The minimum atomic E-state index is 0.812. The molecular weight excluding hydrogens is 262 g/mol. The third kappa shape index (κ3) is 3.85. The average Bonchev–Trinajstić information content (AvgIpc) is 3.01. The molecule has 0 radical (unpaired) electrons.